The average molecular weight is 251 g/mol. The average Bonchev–Trinajstić information content (AvgIpc) is 2.31. The summed E-state index contributed by atoms with van der Waals surface area (Å²) >= 11 is 0. The van der Waals surface area contributed by atoms with Crippen LogP contribution in [0.5, 0.6) is 0 Å². The second-order valence-electron chi connectivity index (χ2n) is 4.54. The molecule has 1 atom stereocenters. The zero-order valence-electron chi connectivity index (χ0n) is 11.0. The monoisotopic (exact) mass is 251 g/mol. The van der Waals surface area contributed by atoms with E-state index in [2.05, 4.69) is 12.2 Å². The minimum Gasteiger partial charge on any atom is -0.398 e. The van der Waals surface area contributed by atoms with Crippen LogP contribution < -0.4 is 16.6 Å². The second kappa shape index (κ2) is 6.83. The SMILES string of the molecule is CCCCC(C)NC(=O)Cn1cc(N)ccc1=O. The van der Waals surface area contributed by atoms with Crippen molar-refractivity contribution < 1.29 is 4.79 Å². The Balaban J connectivity index is 2.54. The lowest BCUT2D eigenvalue weighted by Crippen LogP contribution is -2.37. The summed E-state index contributed by atoms with van der Waals surface area (Å²) < 4.78 is 1.32. The zero-order chi connectivity index (χ0) is 13.5. The third kappa shape index (κ3) is 4.61. The van der Waals surface area contributed by atoms with E-state index in [0.717, 1.165) is 19.3 Å². The van der Waals surface area contributed by atoms with Gasteiger partial charge in [0.1, 0.15) is 6.54 Å². The second-order valence-corrected chi connectivity index (χ2v) is 4.54. The Hall–Kier alpha value is -1.78. The minimum atomic E-state index is -0.222. The molecule has 0 spiro atoms. The number of anilines is 1. The Morgan fingerprint density at radius 3 is 2.89 bits per heavy atom. The van der Waals surface area contributed by atoms with E-state index in [1.165, 1.54) is 22.9 Å². The van der Waals surface area contributed by atoms with Crippen LogP contribution in [0.2, 0.25) is 0 Å². The molecule has 5 nitrogen and oxygen atoms in total. The Morgan fingerprint density at radius 1 is 1.50 bits per heavy atom. The number of rotatable bonds is 6. The summed E-state index contributed by atoms with van der Waals surface area (Å²) in [6.45, 7) is 4.09. The fourth-order valence-electron chi connectivity index (χ4n) is 1.73. The quantitative estimate of drug-likeness (QED) is 0.795. The molecule has 0 aromatic carbocycles. The first kappa shape index (κ1) is 14.3. The fourth-order valence-corrected chi connectivity index (χ4v) is 1.73. The smallest absolute Gasteiger partial charge is 0.251 e. The summed E-state index contributed by atoms with van der Waals surface area (Å²) in [7, 11) is 0. The number of unbranched alkanes of at least 4 members (excludes halogenated alkanes) is 1. The third-order valence-corrected chi connectivity index (χ3v) is 2.72. The highest BCUT2D eigenvalue weighted by Crippen LogP contribution is 2.00. The van der Waals surface area contributed by atoms with Gasteiger partial charge in [-0.2, -0.15) is 0 Å². The van der Waals surface area contributed by atoms with Crippen molar-refractivity contribution in [3.05, 3.63) is 28.7 Å². The molecule has 0 saturated heterocycles. The summed E-state index contributed by atoms with van der Waals surface area (Å²) in [5, 5.41) is 2.87. The summed E-state index contributed by atoms with van der Waals surface area (Å²) in [6, 6.07) is 3.03. The van der Waals surface area contributed by atoms with Gasteiger partial charge in [0.15, 0.2) is 0 Å². The van der Waals surface area contributed by atoms with Crippen LogP contribution in [0.25, 0.3) is 0 Å². The molecule has 3 N–H and O–H groups in total. The molecule has 18 heavy (non-hydrogen) atoms. The van der Waals surface area contributed by atoms with Crippen LogP contribution in [0.3, 0.4) is 0 Å². The topological polar surface area (TPSA) is 77.1 Å². The van der Waals surface area contributed by atoms with Crippen LogP contribution in [0.15, 0.2) is 23.1 Å². The van der Waals surface area contributed by atoms with E-state index in [9.17, 15) is 9.59 Å². The first-order chi connectivity index (χ1) is 8.52. The maximum Gasteiger partial charge on any atom is 0.251 e. The summed E-state index contributed by atoms with van der Waals surface area (Å²) in [5.74, 6) is -0.161. The van der Waals surface area contributed by atoms with Crippen LogP contribution in [0.4, 0.5) is 5.69 Å². The molecule has 1 heterocycles. The maximum absolute atomic E-state index is 11.7. The molecule has 0 fully saturated rings. The van der Waals surface area contributed by atoms with Crippen LogP contribution in [0.1, 0.15) is 33.1 Å². The number of nitrogens with two attached hydrogens (primary N) is 1. The molecule has 0 saturated carbocycles. The molecule has 1 unspecified atom stereocenters. The number of amides is 1. The number of carbonyl (C=O) groups is 1. The van der Waals surface area contributed by atoms with Crippen molar-refractivity contribution in [2.45, 2.75) is 45.7 Å². The van der Waals surface area contributed by atoms with Gasteiger partial charge in [0.05, 0.1) is 0 Å². The van der Waals surface area contributed by atoms with Gasteiger partial charge in [0.25, 0.3) is 5.56 Å². The number of nitrogens with zero attached hydrogens (tertiary/aromatic N) is 1. The molecular formula is C13H21N3O2. The van der Waals surface area contributed by atoms with Crippen molar-refractivity contribution in [2.75, 3.05) is 5.73 Å². The van der Waals surface area contributed by atoms with Crippen molar-refractivity contribution >= 4 is 11.6 Å². The van der Waals surface area contributed by atoms with Gasteiger partial charge < -0.3 is 15.6 Å². The van der Waals surface area contributed by atoms with Gasteiger partial charge in [-0.3, -0.25) is 9.59 Å². The van der Waals surface area contributed by atoms with E-state index in [0.29, 0.717) is 5.69 Å². The molecule has 0 aliphatic rings. The van der Waals surface area contributed by atoms with E-state index in [-0.39, 0.29) is 24.1 Å². The predicted octanol–water partition coefficient (Wildman–Crippen LogP) is 1.13. The number of hydrogen-bond donors (Lipinski definition) is 2. The predicted molar refractivity (Wildman–Crippen MR) is 72.2 cm³/mol. The normalized spacial score (nSPS) is 12.1. The van der Waals surface area contributed by atoms with Crippen LogP contribution in [-0.2, 0) is 11.3 Å². The van der Waals surface area contributed by atoms with E-state index in [1.807, 2.05) is 6.92 Å². The van der Waals surface area contributed by atoms with E-state index < -0.39 is 0 Å². The van der Waals surface area contributed by atoms with Crippen molar-refractivity contribution in [1.82, 2.24) is 9.88 Å². The number of carbonyl (C=O) groups excluding carboxylic acids is 1. The van der Waals surface area contributed by atoms with E-state index >= 15 is 0 Å². The number of nitrogens with one attached hydrogen (secondary N) is 1. The van der Waals surface area contributed by atoms with E-state index in [4.69, 9.17) is 5.73 Å². The number of aromatic nitrogens is 1. The van der Waals surface area contributed by atoms with Crippen molar-refractivity contribution in [3.8, 4) is 0 Å². The third-order valence-electron chi connectivity index (χ3n) is 2.72. The molecule has 1 aromatic heterocycles. The molecule has 5 heteroatoms. The standard InChI is InChI=1S/C13H21N3O2/c1-3-4-5-10(2)15-12(17)9-16-8-11(14)6-7-13(16)18/h6-8,10H,3-5,9,14H2,1-2H3,(H,15,17). The van der Waals surface area contributed by atoms with Crippen LogP contribution in [-0.4, -0.2) is 16.5 Å². The van der Waals surface area contributed by atoms with Crippen molar-refractivity contribution in [3.63, 3.8) is 0 Å². The lowest BCUT2D eigenvalue weighted by molar-refractivity contribution is -0.122. The Morgan fingerprint density at radius 2 is 2.22 bits per heavy atom. The van der Waals surface area contributed by atoms with Crippen LogP contribution in [0, 0.1) is 0 Å². The number of pyridine rings is 1. The van der Waals surface area contributed by atoms with Gasteiger partial charge in [0.2, 0.25) is 5.91 Å². The maximum atomic E-state index is 11.7. The first-order valence-corrected chi connectivity index (χ1v) is 6.28. The van der Waals surface area contributed by atoms with Crippen molar-refractivity contribution in [2.24, 2.45) is 0 Å². The first-order valence-electron chi connectivity index (χ1n) is 6.28. The molecule has 1 rings (SSSR count). The molecular weight excluding hydrogens is 230 g/mol. The Bertz CT molecular complexity index is 454. The molecule has 0 aliphatic carbocycles. The van der Waals surface area contributed by atoms with Gasteiger partial charge in [0, 0.05) is 24.0 Å². The van der Waals surface area contributed by atoms with E-state index in [1.54, 1.807) is 0 Å². The highest BCUT2D eigenvalue weighted by Gasteiger charge is 2.08. The van der Waals surface area contributed by atoms with Gasteiger partial charge in [-0.05, 0) is 19.4 Å². The minimum absolute atomic E-state index is 0.0142. The van der Waals surface area contributed by atoms with Gasteiger partial charge in [-0.1, -0.05) is 19.8 Å². The Kier molecular flexibility index (Phi) is 5.42. The number of hydrogen-bond acceptors (Lipinski definition) is 3. The summed E-state index contributed by atoms with van der Waals surface area (Å²) in [4.78, 5) is 23.2. The number of nitrogen functional groups attached to an aromatic ring is 1. The molecule has 100 valence electrons. The molecule has 1 aromatic rings. The summed E-state index contributed by atoms with van der Waals surface area (Å²) in [6.07, 6.45) is 4.63. The largest absolute Gasteiger partial charge is 0.398 e. The van der Waals surface area contributed by atoms with Gasteiger partial charge in [-0.15, -0.1) is 0 Å². The molecule has 0 radical (unpaired) electrons. The molecule has 1 amide bonds. The van der Waals surface area contributed by atoms with Gasteiger partial charge in [-0.25, -0.2) is 0 Å². The highest BCUT2D eigenvalue weighted by molar-refractivity contribution is 5.76. The van der Waals surface area contributed by atoms with Gasteiger partial charge >= 0.3 is 0 Å². The lowest BCUT2D eigenvalue weighted by Gasteiger charge is -2.14. The molecule has 0 bridgehead atoms. The fraction of sp³-hybridized carbons (Fsp3) is 0.538. The van der Waals surface area contributed by atoms with Crippen LogP contribution >= 0.6 is 0 Å². The van der Waals surface area contributed by atoms with Crippen molar-refractivity contribution in [1.29, 1.82) is 0 Å². The lowest BCUT2D eigenvalue weighted by atomic mass is 10.1. The summed E-state index contributed by atoms with van der Waals surface area (Å²) in [5.41, 5.74) is 5.83. The zero-order valence-corrected chi connectivity index (χ0v) is 11.0. The highest BCUT2D eigenvalue weighted by atomic mass is 16.2. The Labute approximate surface area is 107 Å². The molecule has 0 aliphatic heterocycles.